The molecule has 1 aromatic rings. The molecule has 0 fully saturated rings. The molecule has 0 saturated heterocycles. The van der Waals surface area contributed by atoms with Crippen molar-refractivity contribution >= 4 is 6.29 Å². The molecule has 1 atom stereocenters. The number of carbonyl (C=O) groups excluding carboxylic acids is 1. The van der Waals surface area contributed by atoms with E-state index in [9.17, 15) is 4.79 Å². The Balaban J connectivity index is 1.91. The van der Waals surface area contributed by atoms with Crippen LogP contribution >= 0.6 is 0 Å². The van der Waals surface area contributed by atoms with Crippen molar-refractivity contribution in [1.82, 2.24) is 0 Å². The van der Waals surface area contributed by atoms with Gasteiger partial charge in [0, 0.05) is 5.92 Å². The van der Waals surface area contributed by atoms with E-state index in [1.807, 2.05) is 6.07 Å². The first-order valence-corrected chi connectivity index (χ1v) is 10.4. The molecule has 0 heterocycles. The summed E-state index contributed by atoms with van der Waals surface area (Å²) in [4.78, 5) is 11.2. The molecule has 1 nitrogen and oxygen atoms in total. The second-order valence-electron chi connectivity index (χ2n) is 7.26. The van der Waals surface area contributed by atoms with Gasteiger partial charge in [-0.1, -0.05) is 114 Å². The summed E-state index contributed by atoms with van der Waals surface area (Å²) < 4.78 is 0. The summed E-state index contributed by atoms with van der Waals surface area (Å²) in [6.45, 7) is 2.28. The lowest BCUT2D eigenvalue weighted by atomic mass is 9.94. The fourth-order valence-corrected chi connectivity index (χ4v) is 3.38. The standard InChI is InChI=1S/C23H38O/c1-2-3-4-5-6-7-8-9-10-11-12-14-19-23(21-24)20-22-17-15-13-16-18-22/h13,15-18,21,23H,2-12,14,19-20H2,1H3. The minimum Gasteiger partial charge on any atom is -0.303 e. The zero-order valence-electron chi connectivity index (χ0n) is 15.8. The molecule has 1 rings (SSSR count). The van der Waals surface area contributed by atoms with Gasteiger partial charge in [-0.3, -0.25) is 0 Å². The summed E-state index contributed by atoms with van der Waals surface area (Å²) in [7, 11) is 0. The lowest BCUT2D eigenvalue weighted by molar-refractivity contribution is -0.111. The zero-order valence-corrected chi connectivity index (χ0v) is 15.8. The van der Waals surface area contributed by atoms with E-state index in [1.54, 1.807) is 0 Å². The molecule has 0 bridgehead atoms. The van der Waals surface area contributed by atoms with Gasteiger partial charge in [0.1, 0.15) is 6.29 Å². The average Bonchev–Trinajstić information content (AvgIpc) is 2.62. The van der Waals surface area contributed by atoms with Crippen LogP contribution in [0.3, 0.4) is 0 Å². The van der Waals surface area contributed by atoms with E-state index in [4.69, 9.17) is 0 Å². The van der Waals surface area contributed by atoms with Crippen molar-refractivity contribution in [1.29, 1.82) is 0 Å². The van der Waals surface area contributed by atoms with Gasteiger partial charge in [-0.15, -0.1) is 0 Å². The Morgan fingerprint density at radius 3 is 1.75 bits per heavy atom. The number of benzene rings is 1. The first-order valence-electron chi connectivity index (χ1n) is 10.4. The van der Waals surface area contributed by atoms with Crippen molar-refractivity contribution in [3.8, 4) is 0 Å². The first kappa shape index (κ1) is 20.9. The van der Waals surface area contributed by atoms with Crippen LogP contribution in [0.4, 0.5) is 0 Å². The van der Waals surface area contributed by atoms with E-state index in [2.05, 4.69) is 31.2 Å². The predicted octanol–water partition coefficient (Wildman–Crippen LogP) is 7.14. The molecule has 0 radical (unpaired) electrons. The van der Waals surface area contributed by atoms with Gasteiger partial charge >= 0.3 is 0 Å². The number of rotatable bonds is 16. The predicted molar refractivity (Wildman–Crippen MR) is 105 cm³/mol. The molecule has 1 unspecified atom stereocenters. The van der Waals surface area contributed by atoms with E-state index < -0.39 is 0 Å². The molecule has 0 spiro atoms. The van der Waals surface area contributed by atoms with Gasteiger partial charge in [0.25, 0.3) is 0 Å². The van der Waals surface area contributed by atoms with Gasteiger partial charge in [0.2, 0.25) is 0 Å². The molecule has 0 aromatic heterocycles. The number of unbranched alkanes of at least 4 members (excludes halogenated alkanes) is 11. The summed E-state index contributed by atoms with van der Waals surface area (Å²) >= 11 is 0. The summed E-state index contributed by atoms with van der Waals surface area (Å²) in [5.74, 6) is 0.204. The third-order valence-electron chi connectivity index (χ3n) is 4.96. The second kappa shape index (κ2) is 15.4. The van der Waals surface area contributed by atoms with E-state index in [-0.39, 0.29) is 5.92 Å². The maximum atomic E-state index is 11.2. The van der Waals surface area contributed by atoms with Crippen molar-refractivity contribution < 1.29 is 4.79 Å². The highest BCUT2D eigenvalue weighted by Gasteiger charge is 2.07. The minimum atomic E-state index is 0.204. The minimum absolute atomic E-state index is 0.204. The maximum Gasteiger partial charge on any atom is 0.123 e. The first-order chi connectivity index (χ1) is 11.9. The number of carbonyl (C=O) groups is 1. The van der Waals surface area contributed by atoms with Crippen molar-refractivity contribution in [2.45, 2.75) is 96.8 Å². The summed E-state index contributed by atoms with van der Waals surface area (Å²) in [5, 5.41) is 0. The molecule has 0 aliphatic heterocycles. The SMILES string of the molecule is CCCCCCCCCCCCCCC(C=O)Cc1ccccc1. The van der Waals surface area contributed by atoms with Gasteiger partial charge in [-0.25, -0.2) is 0 Å². The number of hydrogen-bond donors (Lipinski definition) is 0. The van der Waals surface area contributed by atoms with Crippen LogP contribution in [-0.4, -0.2) is 6.29 Å². The van der Waals surface area contributed by atoms with Crippen LogP contribution in [0, 0.1) is 5.92 Å². The Kier molecular flexibility index (Phi) is 13.4. The molecule has 0 aliphatic carbocycles. The van der Waals surface area contributed by atoms with Crippen molar-refractivity contribution in [3.05, 3.63) is 35.9 Å². The quantitative estimate of drug-likeness (QED) is 0.232. The van der Waals surface area contributed by atoms with E-state index >= 15 is 0 Å². The van der Waals surface area contributed by atoms with E-state index in [0.717, 1.165) is 19.1 Å². The molecule has 0 N–H and O–H groups in total. The average molecular weight is 331 g/mol. The Morgan fingerprint density at radius 2 is 1.25 bits per heavy atom. The van der Waals surface area contributed by atoms with Crippen LogP contribution in [0.5, 0.6) is 0 Å². The molecule has 0 amide bonds. The fourth-order valence-electron chi connectivity index (χ4n) is 3.38. The Hall–Kier alpha value is -1.11. The summed E-state index contributed by atoms with van der Waals surface area (Å²) in [6.07, 6.45) is 19.6. The smallest absolute Gasteiger partial charge is 0.123 e. The molecule has 1 heteroatoms. The van der Waals surface area contributed by atoms with Crippen LogP contribution in [-0.2, 0) is 11.2 Å². The van der Waals surface area contributed by atoms with Gasteiger partial charge < -0.3 is 4.79 Å². The Bertz CT molecular complexity index is 384. The van der Waals surface area contributed by atoms with Crippen molar-refractivity contribution in [2.75, 3.05) is 0 Å². The summed E-state index contributed by atoms with van der Waals surface area (Å²) in [6, 6.07) is 10.4. The third-order valence-corrected chi connectivity index (χ3v) is 4.96. The van der Waals surface area contributed by atoms with Crippen molar-refractivity contribution in [2.24, 2.45) is 5.92 Å². The van der Waals surface area contributed by atoms with Crippen molar-refractivity contribution in [3.63, 3.8) is 0 Å². The highest BCUT2D eigenvalue weighted by atomic mass is 16.1. The zero-order chi connectivity index (χ0) is 17.3. The van der Waals surface area contributed by atoms with Gasteiger partial charge in [0.15, 0.2) is 0 Å². The second-order valence-corrected chi connectivity index (χ2v) is 7.26. The molecule has 136 valence electrons. The molecular weight excluding hydrogens is 292 g/mol. The normalized spacial score (nSPS) is 12.2. The van der Waals surface area contributed by atoms with E-state index in [0.29, 0.717) is 0 Å². The van der Waals surface area contributed by atoms with E-state index in [1.165, 1.54) is 82.6 Å². The van der Waals surface area contributed by atoms with Crippen LogP contribution in [0.2, 0.25) is 0 Å². The van der Waals surface area contributed by atoms with Gasteiger partial charge in [0.05, 0.1) is 0 Å². The lowest BCUT2D eigenvalue weighted by Gasteiger charge is -2.10. The van der Waals surface area contributed by atoms with Crippen LogP contribution in [0.25, 0.3) is 0 Å². The monoisotopic (exact) mass is 330 g/mol. The highest BCUT2D eigenvalue weighted by Crippen LogP contribution is 2.16. The molecule has 0 aliphatic rings. The highest BCUT2D eigenvalue weighted by molar-refractivity contribution is 5.54. The fraction of sp³-hybridized carbons (Fsp3) is 0.696. The topological polar surface area (TPSA) is 17.1 Å². The van der Waals surface area contributed by atoms with Crippen LogP contribution in [0.1, 0.15) is 96.0 Å². The number of hydrogen-bond acceptors (Lipinski definition) is 1. The largest absolute Gasteiger partial charge is 0.303 e. The lowest BCUT2D eigenvalue weighted by Crippen LogP contribution is -2.06. The Morgan fingerprint density at radius 1 is 0.750 bits per heavy atom. The van der Waals surface area contributed by atoms with Crippen LogP contribution in [0.15, 0.2) is 30.3 Å². The maximum absolute atomic E-state index is 11.2. The summed E-state index contributed by atoms with van der Waals surface area (Å²) in [5.41, 5.74) is 1.29. The van der Waals surface area contributed by atoms with Gasteiger partial charge in [-0.2, -0.15) is 0 Å². The molecule has 1 aromatic carbocycles. The number of aldehydes is 1. The van der Waals surface area contributed by atoms with Crippen LogP contribution < -0.4 is 0 Å². The molecule has 24 heavy (non-hydrogen) atoms. The third kappa shape index (κ3) is 11.4. The molecular formula is C23H38O. The molecule has 0 saturated carbocycles. The Labute approximate surface area is 150 Å². The van der Waals surface area contributed by atoms with Gasteiger partial charge in [-0.05, 0) is 18.4 Å².